The van der Waals surface area contributed by atoms with Crippen LogP contribution in [-0.2, 0) is 16.8 Å². The summed E-state index contributed by atoms with van der Waals surface area (Å²) in [6, 6.07) is 7.46. The van der Waals surface area contributed by atoms with Crippen molar-refractivity contribution < 1.29 is 17.9 Å². The lowest BCUT2D eigenvalue weighted by molar-refractivity contribution is -0.121. The first-order valence-electron chi connectivity index (χ1n) is 10.1. The molecule has 5 atom stereocenters. The number of halogens is 3. The molecule has 30 heavy (non-hydrogen) atoms. The lowest BCUT2D eigenvalue weighted by Crippen LogP contribution is -2.49. The quantitative estimate of drug-likeness (QED) is 0.785. The van der Waals surface area contributed by atoms with Crippen LogP contribution in [0.4, 0.5) is 13.2 Å². The van der Waals surface area contributed by atoms with E-state index in [9.17, 15) is 18.4 Å². The van der Waals surface area contributed by atoms with Gasteiger partial charge in [0.25, 0.3) is 0 Å². The molecule has 3 aliphatic rings. The smallest absolute Gasteiger partial charge is 0.382 e. The minimum Gasteiger partial charge on any atom is -0.382 e. The number of hydrogen-bond donors (Lipinski definition) is 1. The minimum atomic E-state index is -4.43. The van der Waals surface area contributed by atoms with Gasteiger partial charge in [-0.15, -0.1) is 0 Å². The molecule has 2 N–H and O–H groups in total. The van der Waals surface area contributed by atoms with Gasteiger partial charge >= 0.3 is 6.18 Å². The number of alkyl halides is 3. The van der Waals surface area contributed by atoms with Crippen molar-refractivity contribution in [2.24, 2.45) is 33.0 Å². The molecule has 5 nitrogen and oxygen atoms in total. The van der Waals surface area contributed by atoms with Gasteiger partial charge in [-0.1, -0.05) is 19.9 Å². The van der Waals surface area contributed by atoms with E-state index in [4.69, 9.17) is 10.5 Å². The average Bonchev–Trinajstić information content (AvgIpc) is 3.09. The highest BCUT2D eigenvalue weighted by Crippen LogP contribution is 2.63. The van der Waals surface area contributed by atoms with Crippen LogP contribution in [0.1, 0.15) is 49.8 Å². The van der Waals surface area contributed by atoms with Crippen LogP contribution >= 0.6 is 0 Å². The molecule has 0 bridgehead atoms. The summed E-state index contributed by atoms with van der Waals surface area (Å²) in [6.07, 6.45) is -3.54. The standard InChI is InChI=1S/C22H25F3N4O/c1-12-7-20(8-13(2)18(12)30-3)9-15-5-4-14(11-26)6-16(15)22(20)28-17(19(27)29-22)10-21(23,24)25/h4-6,12-13,18H,7-10H2,1-3H3,(H2,27,29)/t12-,13+,18+,20+,22-/m0/s1. The van der Waals surface area contributed by atoms with Gasteiger partial charge in [0.05, 0.1) is 29.9 Å². The van der Waals surface area contributed by atoms with Crippen LogP contribution in [0, 0.1) is 28.6 Å². The molecule has 1 aromatic rings. The van der Waals surface area contributed by atoms with E-state index < -0.39 is 23.7 Å². The van der Waals surface area contributed by atoms with Crippen LogP contribution in [0.5, 0.6) is 0 Å². The third-order valence-electron chi connectivity index (χ3n) is 6.94. The summed E-state index contributed by atoms with van der Waals surface area (Å²) in [4.78, 5) is 9.26. The zero-order chi connectivity index (χ0) is 21.9. The van der Waals surface area contributed by atoms with E-state index in [1.54, 1.807) is 19.2 Å². The maximum absolute atomic E-state index is 13.2. The van der Waals surface area contributed by atoms with Gasteiger partial charge in [-0.3, -0.25) is 4.99 Å². The second-order valence-electron chi connectivity index (χ2n) is 9.02. The average molecular weight is 418 g/mol. The van der Waals surface area contributed by atoms with Crippen molar-refractivity contribution in [1.82, 2.24) is 0 Å². The van der Waals surface area contributed by atoms with E-state index in [1.807, 2.05) is 6.07 Å². The van der Waals surface area contributed by atoms with E-state index in [0.29, 0.717) is 30.4 Å². The molecular weight excluding hydrogens is 393 g/mol. The second-order valence-corrected chi connectivity index (χ2v) is 9.02. The van der Waals surface area contributed by atoms with Gasteiger partial charge in [0.15, 0.2) is 5.66 Å². The van der Waals surface area contributed by atoms with Crippen molar-refractivity contribution in [3.8, 4) is 6.07 Å². The highest BCUT2D eigenvalue weighted by atomic mass is 19.4. The first-order valence-corrected chi connectivity index (χ1v) is 10.1. The third kappa shape index (κ3) is 3.02. The molecule has 1 fully saturated rings. The zero-order valence-corrected chi connectivity index (χ0v) is 17.3. The summed E-state index contributed by atoms with van der Waals surface area (Å²) in [5, 5.41) is 9.40. The Kier molecular flexibility index (Phi) is 4.73. The van der Waals surface area contributed by atoms with Gasteiger partial charge in [-0.25, -0.2) is 4.99 Å². The fraction of sp³-hybridized carbons (Fsp3) is 0.591. The Morgan fingerprint density at radius 2 is 1.90 bits per heavy atom. The van der Waals surface area contributed by atoms with Crippen LogP contribution < -0.4 is 5.73 Å². The van der Waals surface area contributed by atoms with Crippen molar-refractivity contribution in [2.45, 2.75) is 57.5 Å². The molecule has 1 saturated carbocycles. The predicted octanol–water partition coefficient (Wildman–Crippen LogP) is 4.10. The van der Waals surface area contributed by atoms with Crippen LogP contribution in [-0.4, -0.2) is 30.9 Å². The molecule has 0 unspecified atom stereocenters. The fourth-order valence-electron chi connectivity index (χ4n) is 6.09. The highest BCUT2D eigenvalue weighted by molar-refractivity contribution is 6.42. The number of rotatable bonds is 2. The molecule has 0 radical (unpaired) electrons. The Balaban J connectivity index is 1.90. The van der Waals surface area contributed by atoms with Crippen molar-refractivity contribution in [2.75, 3.05) is 7.11 Å². The van der Waals surface area contributed by atoms with Crippen molar-refractivity contribution in [3.05, 3.63) is 34.9 Å². The first kappa shape index (κ1) is 20.9. The van der Waals surface area contributed by atoms with Crippen molar-refractivity contribution >= 4 is 11.5 Å². The van der Waals surface area contributed by atoms with Crippen molar-refractivity contribution in [1.29, 1.82) is 5.26 Å². The van der Waals surface area contributed by atoms with Gasteiger partial charge in [0.1, 0.15) is 5.84 Å². The van der Waals surface area contributed by atoms with Gasteiger partial charge in [0, 0.05) is 18.1 Å². The molecule has 0 saturated heterocycles. The third-order valence-corrected chi connectivity index (χ3v) is 6.94. The maximum Gasteiger partial charge on any atom is 0.394 e. The molecule has 1 heterocycles. The Labute approximate surface area is 173 Å². The summed E-state index contributed by atoms with van der Waals surface area (Å²) in [7, 11) is 1.69. The normalized spacial score (nSPS) is 35.3. The Bertz CT molecular complexity index is 966. The van der Waals surface area contributed by atoms with Crippen LogP contribution in [0.15, 0.2) is 28.2 Å². The number of aliphatic imine (C=N–C) groups is 2. The number of nitrogens with zero attached hydrogens (tertiary/aromatic N) is 3. The number of nitriles is 1. The number of methoxy groups -OCH3 is 1. The predicted molar refractivity (Wildman–Crippen MR) is 107 cm³/mol. The van der Waals surface area contributed by atoms with Crippen molar-refractivity contribution in [3.63, 3.8) is 0 Å². The summed E-state index contributed by atoms with van der Waals surface area (Å²) in [5.41, 5.74) is 6.18. The largest absolute Gasteiger partial charge is 0.394 e. The van der Waals surface area contributed by atoms with Gasteiger partial charge in [0.2, 0.25) is 0 Å². The number of fused-ring (bicyclic) bond motifs is 3. The van der Waals surface area contributed by atoms with E-state index in [1.165, 1.54) is 0 Å². The summed E-state index contributed by atoms with van der Waals surface area (Å²) >= 11 is 0. The fourth-order valence-corrected chi connectivity index (χ4v) is 6.09. The molecule has 8 heteroatoms. The van der Waals surface area contributed by atoms with E-state index in [2.05, 4.69) is 29.9 Å². The Hall–Kier alpha value is -2.40. The lowest BCUT2D eigenvalue weighted by Gasteiger charge is -2.49. The highest BCUT2D eigenvalue weighted by Gasteiger charge is 2.63. The van der Waals surface area contributed by atoms with Gasteiger partial charge in [-0.2, -0.15) is 18.4 Å². The Morgan fingerprint density at radius 3 is 2.47 bits per heavy atom. The number of nitrogens with two attached hydrogens (primary N) is 1. The SMILES string of the molecule is CO[C@H]1[C@H](C)C[C@@]2(Cc3ccc(C#N)cc3[C@]23N=C(N)C(CC(F)(F)F)=N3)C[C@@H]1C. The van der Waals surface area contributed by atoms with E-state index >= 15 is 0 Å². The lowest BCUT2D eigenvalue weighted by atomic mass is 9.59. The molecular formula is C22H25F3N4O. The minimum absolute atomic E-state index is 0.0624. The molecule has 4 rings (SSSR count). The summed E-state index contributed by atoms with van der Waals surface area (Å²) < 4.78 is 45.2. The number of benzene rings is 1. The monoisotopic (exact) mass is 418 g/mol. The second kappa shape index (κ2) is 6.81. The maximum atomic E-state index is 13.2. The molecule has 2 spiro atoms. The molecule has 2 aliphatic carbocycles. The van der Waals surface area contributed by atoms with Crippen LogP contribution in [0.25, 0.3) is 0 Å². The van der Waals surface area contributed by atoms with Crippen LogP contribution in [0.3, 0.4) is 0 Å². The van der Waals surface area contributed by atoms with Crippen LogP contribution in [0.2, 0.25) is 0 Å². The molecule has 0 aromatic heterocycles. The number of amidine groups is 1. The van der Waals surface area contributed by atoms with E-state index in [-0.39, 0.29) is 29.5 Å². The molecule has 1 aromatic carbocycles. The van der Waals surface area contributed by atoms with Gasteiger partial charge < -0.3 is 10.5 Å². The molecule has 1 aliphatic heterocycles. The zero-order valence-electron chi connectivity index (χ0n) is 17.3. The number of hydrogen-bond acceptors (Lipinski definition) is 5. The van der Waals surface area contributed by atoms with E-state index in [0.717, 1.165) is 5.56 Å². The number of ether oxygens (including phenoxy) is 1. The topological polar surface area (TPSA) is 83.8 Å². The summed E-state index contributed by atoms with van der Waals surface area (Å²) in [5.74, 6) is 0.202. The molecule has 0 amide bonds. The van der Waals surface area contributed by atoms with Gasteiger partial charge in [-0.05, 0) is 48.8 Å². The first-order chi connectivity index (χ1) is 14.0. The molecule has 160 valence electrons. The summed E-state index contributed by atoms with van der Waals surface area (Å²) in [6.45, 7) is 4.21. The Morgan fingerprint density at radius 1 is 1.23 bits per heavy atom.